The Balaban J connectivity index is 1.30. The number of nitrogens with one attached hydrogen (secondary N) is 1. The number of ether oxygens (including phenoxy) is 1. The van der Waals surface area contributed by atoms with Crippen LogP contribution in [-0.4, -0.2) is 49.0 Å². The third kappa shape index (κ3) is 5.71. The van der Waals surface area contributed by atoms with Gasteiger partial charge in [-0.3, -0.25) is 9.59 Å². The maximum atomic E-state index is 12.6. The van der Waals surface area contributed by atoms with Crippen LogP contribution in [0.3, 0.4) is 0 Å². The predicted octanol–water partition coefficient (Wildman–Crippen LogP) is 4.69. The quantitative estimate of drug-likeness (QED) is 0.601. The molecular weight excluding hydrogens is 414 g/mol. The largest absolute Gasteiger partial charge is 0.491 e. The van der Waals surface area contributed by atoms with Crippen molar-refractivity contribution in [1.29, 1.82) is 0 Å². The fourth-order valence-electron chi connectivity index (χ4n) is 3.85. The van der Waals surface area contributed by atoms with Crippen molar-refractivity contribution in [2.24, 2.45) is 0 Å². The average Bonchev–Trinajstić information content (AvgIpc) is 2.85. The van der Waals surface area contributed by atoms with E-state index in [9.17, 15) is 9.59 Å². The fourth-order valence-corrected chi connectivity index (χ4v) is 3.85. The summed E-state index contributed by atoms with van der Waals surface area (Å²) in [5, 5.41) is 2.94. The molecule has 1 N–H and O–H groups in total. The van der Waals surface area contributed by atoms with Crippen molar-refractivity contribution >= 4 is 23.2 Å². The first-order chi connectivity index (χ1) is 16.0. The SMILES string of the molecule is CC(C)Oc1ccc(C(=O)Nc2ccc(N3CCN(C(=O)c4ccccc4)CC3)cc2)cc1. The zero-order chi connectivity index (χ0) is 23.2. The van der Waals surface area contributed by atoms with Crippen LogP contribution in [0.1, 0.15) is 34.6 Å². The number of hydrogen-bond donors (Lipinski definition) is 1. The maximum absolute atomic E-state index is 12.6. The maximum Gasteiger partial charge on any atom is 0.255 e. The van der Waals surface area contributed by atoms with E-state index in [0.29, 0.717) is 18.7 Å². The van der Waals surface area contributed by atoms with E-state index in [0.717, 1.165) is 35.8 Å². The number of rotatable bonds is 6. The summed E-state index contributed by atoms with van der Waals surface area (Å²) in [6.45, 7) is 6.85. The molecule has 1 heterocycles. The number of carbonyl (C=O) groups excluding carboxylic acids is 2. The molecule has 0 aromatic heterocycles. The van der Waals surface area contributed by atoms with Gasteiger partial charge >= 0.3 is 0 Å². The van der Waals surface area contributed by atoms with Gasteiger partial charge in [0, 0.05) is 48.7 Å². The van der Waals surface area contributed by atoms with Gasteiger partial charge in [-0.2, -0.15) is 0 Å². The predicted molar refractivity (Wildman–Crippen MR) is 131 cm³/mol. The highest BCUT2D eigenvalue weighted by Gasteiger charge is 2.22. The summed E-state index contributed by atoms with van der Waals surface area (Å²) in [4.78, 5) is 29.3. The topological polar surface area (TPSA) is 61.9 Å². The Labute approximate surface area is 194 Å². The van der Waals surface area contributed by atoms with Crippen molar-refractivity contribution in [3.8, 4) is 5.75 Å². The van der Waals surface area contributed by atoms with E-state index in [4.69, 9.17) is 4.74 Å². The monoisotopic (exact) mass is 443 g/mol. The molecule has 33 heavy (non-hydrogen) atoms. The first-order valence-electron chi connectivity index (χ1n) is 11.3. The molecule has 6 nitrogen and oxygen atoms in total. The summed E-state index contributed by atoms with van der Waals surface area (Å²) in [5.74, 6) is 0.667. The molecule has 0 saturated carbocycles. The number of carbonyl (C=O) groups is 2. The van der Waals surface area contributed by atoms with Crippen molar-refractivity contribution < 1.29 is 14.3 Å². The number of amides is 2. The molecule has 0 bridgehead atoms. The first-order valence-corrected chi connectivity index (χ1v) is 11.3. The molecule has 170 valence electrons. The molecule has 3 aromatic carbocycles. The van der Waals surface area contributed by atoms with Gasteiger partial charge in [0.1, 0.15) is 5.75 Å². The van der Waals surface area contributed by atoms with Crippen LogP contribution in [0.15, 0.2) is 78.9 Å². The van der Waals surface area contributed by atoms with Gasteiger partial charge in [-0.05, 0) is 74.5 Å². The average molecular weight is 444 g/mol. The minimum Gasteiger partial charge on any atom is -0.491 e. The smallest absolute Gasteiger partial charge is 0.255 e. The standard InChI is InChI=1S/C27H29N3O3/c1-20(2)33-25-14-8-21(9-15-25)26(31)28-23-10-12-24(13-11-23)29-16-18-30(19-17-29)27(32)22-6-4-3-5-7-22/h3-15,20H,16-19H2,1-2H3,(H,28,31). The van der Waals surface area contributed by atoms with E-state index in [1.165, 1.54) is 0 Å². The van der Waals surface area contributed by atoms with Crippen LogP contribution in [0.25, 0.3) is 0 Å². The van der Waals surface area contributed by atoms with E-state index < -0.39 is 0 Å². The Bertz CT molecular complexity index is 1070. The van der Waals surface area contributed by atoms with Gasteiger partial charge in [0.15, 0.2) is 0 Å². The number of nitrogens with zero attached hydrogens (tertiary/aromatic N) is 2. The van der Waals surface area contributed by atoms with E-state index in [-0.39, 0.29) is 17.9 Å². The van der Waals surface area contributed by atoms with Gasteiger partial charge in [0.05, 0.1) is 6.10 Å². The Morgan fingerprint density at radius 2 is 1.42 bits per heavy atom. The highest BCUT2D eigenvalue weighted by Crippen LogP contribution is 2.21. The van der Waals surface area contributed by atoms with Gasteiger partial charge in [-0.1, -0.05) is 18.2 Å². The molecule has 0 radical (unpaired) electrons. The summed E-state index contributed by atoms with van der Waals surface area (Å²) in [6, 6.07) is 24.4. The van der Waals surface area contributed by atoms with Crippen LogP contribution < -0.4 is 15.0 Å². The van der Waals surface area contributed by atoms with E-state index in [2.05, 4.69) is 10.2 Å². The molecule has 1 fully saturated rings. The van der Waals surface area contributed by atoms with Gasteiger partial charge < -0.3 is 19.9 Å². The third-order valence-corrected chi connectivity index (χ3v) is 5.57. The molecule has 0 aliphatic carbocycles. The van der Waals surface area contributed by atoms with Crippen molar-refractivity contribution in [2.45, 2.75) is 20.0 Å². The van der Waals surface area contributed by atoms with E-state index in [1.54, 1.807) is 24.3 Å². The van der Waals surface area contributed by atoms with Gasteiger partial charge in [0.2, 0.25) is 0 Å². The lowest BCUT2D eigenvalue weighted by Crippen LogP contribution is -2.48. The molecule has 2 amide bonds. The fraction of sp³-hybridized carbons (Fsp3) is 0.259. The first kappa shape index (κ1) is 22.4. The molecule has 0 atom stereocenters. The van der Waals surface area contributed by atoms with Gasteiger partial charge in [0.25, 0.3) is 11.8 Å². The molecule has 1 aliphatic rings. The highest BCUT2D eigenvalue weighted by molar-refractivity contribution is 6.04. The van der Waals surface area contributed by atoms with Crippen molar-refractivity contribution in [2.75, 3.05) is 36.4 Å². The molecular formula is C27H29N3O3. The molecule has 3 aromatic rings. The number of hydrogen-bond acceptors (Lipinski definition) is 4. The molecule has 4 rings (SSSR count). The van der Waals surface area contributed by atoms with Gasteiger partial charge in [-0.25, -0.2) is 0 Å². The van der Waals surface area contributed by atoms with Crippen molar-refractivity contribution in [3.05, 3.63) is 90.0 Å². The number of piperazine rings is 1. The lowest BCUT2D eigenvalue weighted by atomic mass is 10.1. The zero-order valence-corrected chi connectivity index (χ0v) is 19.0. The summed E-state index contributed by atoms with van der Waals surface area (Å²) in [5.41, 5.74) is 3.13. The van der Waals surface area contributed by atoms with Crippen LogP contribution >= 0.6 is 0 Å². The second-order valence-corrected chi connectivity index (χ2v) is 8.34. The molecule has 6 heteroatoms. The minimum atomic E-state index is -0.160. The van der Waals surface area contributed by atoms with Gasteiger partial charge in [-0.15, -0.1) is 0 Å². The Hall–Kier alpha value is -3.80. The van der Waals surface area contributed by atoms with E-state index in [1.807, 2.05) is 73.3 Å². The summed E-state index contributed by atoms with van der Waals surface area (Å²) in [6.07, 6.45) is 0.0931. The minimum absolute atomic E-state index is 0.0807. The van der Waals surface area contributed by atoms with Crippen molar-refractivity contribution in [1.82, 2.24) is 4.90 Å². The van der Waals surface area contributed by atoms with Crippen LogP contribution in [0, 0.1) is 0 Å². The summed E-state index contributed by atoms with van der Waals surface area (Å²) < 4.78 is 5.62. The zero-order valence-electron chi connectivity index (χ0n) is 19.0. The summed E-state index contributed by atoms with van der Waals surface area (Å²) in [7, 11) is 0. The van der Waals surface area contributed by atoms with Crippen LogP contribution in [-0.2, 0) is 0 Å². The van der Waals surface area contributed by atoms with Crippen LogP contribution in [0.4, 0.5) is 11.4 Å². The second kappa shape index (κ2) is 10.2. The van der Waals surface area contributed by atoms with Crippen LogP contribution in [0.2, 0.25) is 0 Å². The normalized spacial score (nSPS) is 13.7. The number of benzene rings is 3. The molecule has 1 aliphatic heterocycles. The summed E-state index contributed by atoms with van der Waals surface area (Å²) >= 11 is 0. The third-order valence-electron chi connectivity index (χ3n) is 5.57. The molecule has 0 spiro atoms. The lowest BCUT2D eigenvalue weighted by molar-refractivity contribution is 0.0746. The Morgan fingerprint density at radius 1 is 0.788 bits per heavy atom. The Kier molecular flexibility index (Phi) is 6.93. The second-order valence-electron chi connectivity index (χ2n) is 8.34. The lowest BCUT2D eigenvalue weighted by Gasteiger charge is -2.36. The van der Waals surface area contributed by atoms with Crippen LogP contribution in [0.5, 0.6) is 5.75 Å². The Morgan fingerprint density at radius 3 is 2.03 bits per heavy atom. The van der Waals surface area contributed by atoms with Crippen molar-refractivity contribution in [3.63, 3.8) is 0 Å². The number of anilines is 2. The molecule has 1 saturated heterocycles. The highest BCUT2D eigenvalue weighted by atomic mass is 16.5. The molecule has 0 unspecified atom stereocenters. The van der Waals surface area contributed by atoms with E-state index >= 15 is 0 Å².